The number of nitrogens with one attached hydrogen (secondary N) is 2. The van der Waals surface area contributed by atoms with Crippen LogP contribution in [-0.2, 0) is 16.6 Å². The second kappa shape index (κ2) is 6.77. The molecule has 21 heavy (non-hydrogen) atoms. The van der Waals surface area contributed by atoms with Crippen molar-refractivity contribution in [2.45, 2.75) is 51.5 Å². The van der Waals surface area contributed by atoms with Gasteiger partial charge in [0.15, 0.2) is 0 Å². The summed E-state index contributed by atoms with van der Waals surface area (Å²) in [5.41, 5.74) is 0.184. The third-order valence-corrected chi connectivity index (χ3v) is 6.97. The van der Waals surface area contributed by atoms with Crippen LogP contribution in [0.25, 0.3) is 0 Å². The first-order valence-electron chi connectivity index (χ1n) is 7.68. The van der Waals surface area contributed by atoms with Gasteiger partial charge in [-0.25, -0.2) is 13.1 Å². The van der Waals surface area contributed by atoms with Crippen molar-refractivity contribution in [3.8, 4) is 0 Å². The van der Waals surface area contributed by atoms with Crippen molar-refractivity contribution in [1.82, 2.24) is 10.0 Å². The van der Waals surface area contributed by atoms with Crippen molar-refractivity contribution in [2.24, 2.45) is 11.3 Å². The van der Waals surface area contributed by atoms with Crippen LogP contribution in [0, 0.1) is 11.3 Å². The molecule has 0 amide bonds. The Morgan fingerprint density at radius 2 is 2.10 bits per heavy atom. The van der Waals surface area contributed by atoms with E-state index in [1.54, 1.807) is 6.07 Å². The predicted molar refractivity (Wildman–Crippen MR) is 88.0 cm³/mol. The average molecular weight is 331 g/mol. The Morgan fingerprint density at radius 3 is 2.67 bits per heavy atom. The van der Waals surface area contributed by atoms with Crippen LogP contribution in [0.3, 0.4) is 0 Å². The molecule has 0 saturated heterocycles. The predicted octanol–water partition coefficient (Wildman–Crippen LogP) is 2.96. The van der Waals surface area contributed by atoms with Crippen molar-refractivity contribution in [2.75, 3.05) is 13.1 Å². The van der Waals surface area contributed by atoms with Crippen molar-refractivity contribution in [3.05, 3.63) is 16.3 Å². The molecule has 1 aromatic rings. The van der Waals surface area contributed by atoms with Gasteiger partial charge in [-0.05, 0) is 48.6 Å². The topological polar surface area (TPSA) is 58.2 Å². The second-order valence-corrected chi connectivity index (χ2v) is 8.96. The molecule has 6 heteroatoms. The monoisotopic (exact) mass is 330 g/mol. The lowest BCUT2D eigenvalue weighted by atomic mass is 9.93. The van der Waals surface area contributed by atoms with Crippen molar-refractivity contribution >= 4 is 21.4 Å². The molecule has 120 valence electrons. The second-order valence-electron chi connectivity index (χ2n) is 6.23. The number of sulfonamides is 1. The van der Waals surface area contributed by atoms with Gasteiger partial charge < -0.3 is 5.32 Å². The molecule has 1 aromatic heterocycles. The highest BCUT2D eigenvalue weighted by atomic mass is 32.2. The molecule has 0 atom stereocenters. The van der Waals surface area contributed by atoms with E-state index in [0.717, 1.165) is 30.7 Å². The Labute approximate surface area is 132 Å². The van der Waals surface area contributed by atoms with E-state index in [2.05, 4.69) is 30.8 Å². The highest BCUT2D eigenvalue weighted by Crippen LogP contribution is 2.51. The molecule has 0 spiro atoms. The number of thiophene rings is 1. The van der Waals surface area contributed by atoms with E-state index in [0.29, 0.717) is 23.9 Å². The van der Waals surface area contributed by atoms with Gasteiger partial charge in [0.1, 0.15) is 0 Å². The molecule has 0 unspecified atom stereocenters. The summed E-state index contributed by atoms with van der Waals surface area (Å²) >= 11 is 1.50. The van der Waals surface area contributed by atoms with E-state index >= 15 is 0 Å². The van der Waals surface area contributed by atoms with Crippen molar-refractivity contribution in [1.29, 1.82) is 0 Å². The Morgan fingerprint density at radius 1 is 1.38 bits per heavy atom. The summed E-state index contributed by atoms with van der Waals surface area (Å²) in [5, 5.41) is 5.13. The molecule has 0 aromatic carbocycles. The maximum absolute atomic E-state index is 12.5. The molecular formula is C15H26N2O2S2. The van der Waals surface area contributed by atoms with Crippen LogP contribution < -0.4 is 10.0 Å². The zero-order valence-corrected chi connectivity index (χ0v) is 14.7. The molecule has 1 heterocycles. The molecule has 1 aliphatic carbocycles. The number of hydrogen-bond acceptors (Lipinski definition) is 4. The Balaban J connectivity index is 2.01. The summed E-state index contributed by atoms with van der Waals surface area (Å²) in [5.74, 6) is 0.522. The van der Waals surface area contributed by atoms with Crippen LogP contribution in [-0.4, -0.2) is 21.5 Å². The zero-order valence-electron chi connectivity index (χ0n) is 13.1. The van der Waals surface area contributed by atoms with Crippen molar-refractivity contribution in [3.63, 3.8) is 0 Å². The first-order chi connectivity index (χ1) is 9.91. The molecule has 0 bridgehead atoms. The maximum Gasteiger partial charge on any atom is 0.241 e. The standard InChI is InChI=1S/C15H26N2O2S2/c1-4-8-16-10-13-14(5-9-20-13)21(18,19)17-11-15(6-7-15)12(2)3/h5,9,12,16-17H,4,6-8,10-11H2,1-3H3. The summed E-state index contributed by atoms with van der Waals surface area (Å²) in [6.07, 6.45) is 3.30. The van der Waals surface area contributed by atoms with Gasteiger partial charge in [0.05, 0.1) is 4.90 Å². The minimum absolute atomic E-state index is 0.184. The quantitative estimate of drug-likeness (QED) is 0.684. The molecule has 2 rings (SSSR count). The Bertz CT molecular complexity index is 560. The molecule has 1 fully saturated rings. The van der Waals surface area contributed by atoms with E-state index in [1.165, 1.54) is 11.3 Å². The highest BCUT2D eigenvalue weighted by molar-refractivity contribution is 7.89. The average Bonchev–Trinajstić information content (AvgIpc) is 3.08. The smallest absolute Gasteiger partial charge is 0.241 e. The van der Waals surface area contributed by atoms with Gasteiger partial charge in [-0.15, -0.1) is 11.3 Å². The van der Waals surface area contributed by atoms with Crippen LogP contribution in [0.4, 0.5) is 0 Å². The van der Waals surface area contributed by atoms with Gasteiger partial charge in [0.2, 0.25) is 10.0 Å². The van der Waals surface area contributed by atoms with Crippen LogP contribution >= 0.6 is 11.3 Å². The van der Waals surface area contributed by atoms with Crippen LogP contribution in [0.5, 0.6) is 0 Å². The molecule has 1 saturated carbocycles. The molecule has 4 nitrogen and oxygen atoms in total. The summed E-state index contributed by atoms with van der Waals surface area (Å²) in [6, 6.07) is 1.71. The van der Waals surface area contributed by atoms with Crippen LogP contribution in [0.1, 0.15) is 44.9 Å². The molecular weight excluding hydrogens is 304 g/mol. The summed E-state index contributed by atoms with van der Waals surface area (Å²) in [4.78, 5) is 1.33. The van der Waals surface area contributed by atoms with Gasteiger partial charge in [-0.3, -0.25) is 0 Å². The van der Waals surface area contributed by atoms with E-state index in [1.807, 2.05) is 5.38 Å². The molecule has 2 N–H and O–H groups in total. The lowest BCUT2D eigenvalue weighted by Gasteiger charge is -2.20. The summed E-state index contributed by atoms with van der Waals surface area (Å²) < 4.78 is 27.9. The summed E-state index contributed by atoms with van der Waals surface area (Å²) in [7, 11) is -3.39. The van der Waals surface area contributed by atoms with Gasteiger partial charge in [-0.2, -0.15) is 0 Å². The van der Waals surface area contributed by atoms with Gasteiger partial charge in [0, 0.05) is 18.0 Å². The van der Waals surface area contributed by atoms with E-state index in [9.17, 15) is 8.42 Å². The van der Waals surface area contributed by atoms with E-state index in [-0.39, 0.29) is 5.41 Å². The minimum atomic E-state index is -3.39. The fourth-order valence-corrected chi connectivity index (χ4v) is 5.06. The number of hydrogen-bond donors (Lipinski definition) is 2. The van der Waals surface area contributed by atoms with E-state index in [4.69, 9.17) is 0 Å². The normalized spacial score (nSPS) is 17.3. The Kier molecular flexibility index (Phi) is 5.46. The van der Waals surface area contributed by atoms with E-state index < -0.39 is 10.0 Å². The van der Waals surface area contributed by atoms with Crippen LogP contribution in [0.2, 0.25) is 0 Å². The third kappa shape index (κ3) is 4.06. The maximum atomic E-state index is 12.5. The lowest BCUT2D eigenvalue weighted by molar-refractivity contribution is 0.357. The van der Waals surface area contributed by atoms with Crippen LogP contribution in [0.15, 0.2) is 16.3 Å². The summed E-state index contributed by atoms with van der Waals surface area (Å²) in [6.45, 7) is 8.53. The highest BCUT2D eigenvalue weighted by Gasteiger charge is 2.45. The third-order valence-electron chi connectivity index (χ3n) is 4.44. The first-order valence-corrected chi connectivity index (χ1v) is 10.0. The van der Waals surface area contributed by atoms with Gasteiger partial charge >= 0.3 is 0 Å². The largest absolute Gasteiger partial charge is 0.312 e. The lowest BCUT2D eigenvalue weighted by Crippen LogP contribution is -2.33. The molecule has 0 aliphatic heterocycles. The zero-order chi connectivity index (χ0) is 15.5. The fraction of sp³-hybridized carbons (Fsp3) is 0.733. The van der Waals surface area contributed by atoms with Gasteiger partial charge in [-0.1, -0.05) is 20.8 Å². The van der Waals surface area contributed by atoms with Crippen molar-refractivity contribution < 1.29 is 8.42 Å². The first kappa shape index (κ1) is 16.9. The molecule has 1 aliphatic rings. The SMILES string of the molecule is CCCNCc1sccc1S(=O)(=O)NCC1(C(C)C)CC1. The number of rotatable bonds is 9. The van der Waals surface area contributed by atoms with Gasteiger partial charge in [0.25, 0.3) is 0 Å². The fourth-order valence-electron chi connectivity index (χ4n) is 2.51. The molecule has 0 radical (unpaired) electrons. The minimum Gasteiger partial charge on any atom is -0.312 e. The Hall–Kier alpha value is -0.430.